The van der Waals surface area contributed by atoms with Gasteiger partial charge in [0.05, 0.1) is 10.6 Å². The number of halogens is 1. The molecule has 0 spiro atoms. The molecule has 5 rings (SSSR count). The first kappa shape index (κ1) is 32.4. The van der Waals surface area contributed by atoms with Gasteiger partial charge in [-0.05, 0) is 72.9 Å². The molecule has 234 valence electrons. The lowest BCUT2D eigenvalue weighted by atomic mass is 10.0. The minimum Gasteiger partial charge on any atom is -0.352 e. The Morgan fingerprint density at radius 2 is 1.44 bits per heavy atom. The summed E-state index contributed by atoms with van der Waals surface area (Å²) in [5.41, 5.74) is 3.12. The summed E-state index contributed by atoms with van der Waals surface area (Å²) < 4.78 is 30.1. The summed E-state index contributed by atoms with van der Waals surface area (Å²) in [6.45, 7) is 1.64. The average molecular weight is 689 g/mol. The first-order valence-corrected chi connectivity index (χ1v) is 17.5. The highest BCUT2D eigenvalue weighted by molar-refractivity contribution is 9.10. The van der Waals surface area contributed by atoms with Gasteiger partial charge in [0, 0.05) is 23.5 Å². The molecule has 4 aromatic rings. The maximum Gasteiger partial charge on any atom is 0.264 e. The minimum atomic E-state index is -4.13. The summed E-state index contributed by atoms with van der Waals surface area (Å²) in [5, 5.41) is 3.21. The van der Waals surface area contributed by atoms with Gasteiger partial charge in [-0.15, -0.1) is 0 Å². The van der Waals surface area contributed by atoms with Crippen molar-refractivity contribution in [2.24, 2.45) is 0 Å². The van der Waals surface area contributed by atoms with E-state index in [1.54, 1.807) is 47.4 Å². The molecule has 1 N–H and O–H groups in total. The van der Waals surface area contributed by atoms with Crippen molar-refractivity contribution in [1.29, 1.82) is 0 Å². The van der Waals surface area contributed by atoms with E-state index in [1.165, 1.54) is 12.1 Å². The number of nitrogens with zero attached hydrogens (tertiary/aromatic N) is 2. The summed E-state index contributed by atoms with van der Waals surface area (Å²) in [5.74, 6) is -0.697. The third kappa shape index (κ3) is 8.21. The number of aryl methyl sites for hydroxylation is 1. The van der Waals surface area contributed by atoms with Gasteiger partial charge in [0.25, 0.3) is 10.0 Å². The number of rotatable bonds is 12. The number of nitrogens with one attached hydrogen (secondary N) is 1. The van der Waals surface area contributed by atoms with Crippen molar-refractivity contribution in [3.63, 3.8) is 0 Å². The highest BCUT2D eigenvalue weighted by atomic mass is 79.9. The second-order valence-corrected chi connectivity index (χ2v) is 14.2. The van der Waals surface area contributed by atoms with E-state index in [-0.39, 0.29) is 23.4 Å². The van der Waals surface area contributed by atoms with Crippen LogP contribution >= 0.6 is 15.9 Å². The maximum atomic E-state index is 14.6. The fourth-order valence-corrected chi connectivity index (χ4v) is 7.45. The normalized spacial score (nSPS) is 14.1. The van der Waals surface area contributed by atoms with Gasteiger partial charge in [-0.3, -0.25) is 13.9 Å². The van der Waals surface area contributed by atoms with Crippen molar-refractivity contribution in [2.75, 3.05) is 10.8 Å². The zero-order valence-corrected chi connectivity index (χ0v) is 27.7. The molecule has 1 fully saturated rings. The second kappa shape index (κ2) is 14.9. The third-order valence-electron chi connectivity index (χ3n) is 8.30. The summed E-state index contributed by atoms with van der Waals surface area (Å²) in [6.07, 6.45) is 4.21. The Bertz CT molecular complexity index is 1690. The van der Waals surface area contributed by atoms with Crippen LogP contribution in [0, 0.1) is 6.92 Å². The van der Waals surface area contributed by atoms with Crippen LogP contribution in [0.5, 0.6) is 0 Å². The van der Waals surface area contributed by atoms with Gasteiger partial charge in [-0.25, -0.2) is 8.42 Å². The number of hydrogen-bond donors (Lipinski definition) is 1. The monoisotopic (exact) mass is 687 g/mol. The highest BCUT2D eigenvalue weighted by Crippen LogP contribution is 2.27. The van der Waals surface area contributed by atoms with E-state index < -0.39 is 28.5 Å². The Kier molecular flexibility index (Phi) is 10.7. The lowest BCUT2D eigenvalue weighted by molar-refractivity contribution is -0.140. The van der Waals surface area contributed by atoms with E-state index in [0.717, 1.165) is 51.2 Å². The first-order valence-electron chi connectivity index (χ1n) is 15.2. The van der Waals surface area contributed by atoms with E-state index in [2.05, 4.69) is 21.2 Å². The van der Waals surface area contributed by atoms with Crippen molar-refractivity contribution >= 4 is 43.5 Å². The zero-order valence-electron chi connectivity index (χ0n) is 25.3. The van der Waals surface area contributed by atoms with E-state index in [9.17, 15) is 18.0 Å². The van der Waals surface area contributed by atoms with E-state index in [4.69, 9.17) is 0 Å². The zero-order chi connectivity index (χ0) is 31.8. The van der Waals surface area contributed by atoms with E-state index in [0.29, 0.717) is 12.1 Å². The fraction of sp³-hybridized carbons (Fsp3) is 0.278. The van der Waals surface area contributed by atoms with Crippen LogP contribution in [0.1, 0.15) is 42.4 Å². The van der Waals surface area contributed by atoms with Crippen LogP contribution in [0.2, 0.25) is 0 Å². The van der Waals surface area contributed by atoms with Gasteiger partial charge in [0.2, 0.25) is 11.8 Å². The van der Waals surface area contributed by atoms with Crippen LogP contribution in [0.3, 0.4) is 0 Å². The molecule has 1 aliphatic rings. The summed E-state index contributed by atoms with van der Waals surface area (Å²) in [4.78, 5) is 30.3. The molecule has 45 heavy (non-hydrogen) atoms. The van der Waals surface area contributed by atoms with Crippen LogP contribution in [0.25, 0.3) is 0 Å². The van der Waals surface area contributed by atoms with Gasteiger partial charge in [0.1, 0.15) is 12.6 Å². The van der Waals surface area contributed by atoms with Crippen molar-refractivity contribution in [3.8, 4) is 0 Å². The van der Waals surface area contributed by atoms with E-state index in [1.807, 2.05) is 61.5 Å². The smallest absolute Gasteiger partial charge is 0.264 e. The molecule has 2 amide bonds. The Morgan fingerprint density at radius 1 is 0.844 bits per heavy atom. The van der Waals surface area contributed by atoms with Gasteiger partial charge in [-0.1, -0.05) is 102 Å². The Labute approximate surface area is 274 Å². The summed E-state index contributed by atoms with van der Waals surface area (Å²) >= 11 is 3.42. The van der Waals surface area contributed by atoms with Gasteiger partial charge >= 0.3 is 0 Å². The van der Waals surface area contributed by atoms with Crippen molar-refractivity contribution < 1.29 is 18.0 Å². The van der Waals surface area contributed by atoms with Crippen LogP contribution in [0.15, 0.2) is 119 Å². The number of carbonyl (C=O) groups excluding carboxylic acids is 2. The molecule has 0 saturated heterocycles. The van der Waals surface area contributed by atoms with Gasteiger partial charge < -0.3 is 10.2 Å². The maximum absolute atomic E-state index is 14.6. The summed E-state index contributed by atoms with van der Waals surface area (Å²) in [6, 6.07) is 31.5. The lowest BCUT2D eigenvalue weighted by Crippen LogP contribution is -2.54. The van der Waals surface area contributed by atoms with Crippen molar-refractivity contribution in [3.05, 3.63) is 130 Å². The largest absolute Gasteiger partial charge is 0.352 e. The molecule has 4 aromatic carbocycles. The number of benzene rings is 4. The molecule has 1 saturated carbocycles. The van der Waals surface area contributed by atoms with Crippen LogP contribution in [-0.4, -0.2) is 43.8 Å². The Balaban J connectivity index is 1.56. The Morgan fingerprint density at radius 3 is 2.09 bits per heavy atom. The predicted octanol–water partition coefficient (Wildman–Crippen LogP) is 6.65. The van der Waals surface area contributed by atoms with Crippen molar-refractivity contribution in [1.82, 2.24) is 10.2 Å². The second-order valence-electron chi connectivity index (χ2n) is 11.4. The lowest BCUT2D eigenvalue weighted by Gasteiger charge is -2.34. The summed E-state index contributed by atoms with van der Waals surface area (Å²) in [7, 11) is -4.13. The molecule has 9 heteroatoms. The molecule has 1 unspecified atom stereocenters. The number of anilines is 1. The molecule has 1 atom stereocenters. The number of amides is 2. The van der Waals surface area contributed by atoms with Crippen LogP contribution in [-0.2, 0) is 32.6 Å². The molecular weight excluding hydrogens is 650 g/mol. The standard InChI is InChI=1S/C36H38BrN3O4S/c1-27-12-8-9-15-29(27)25-39(34(24-28-13-4-2-5-14-28)36(42)38-31-16-10-11-17-31)35(41)26-40(32-22-20-30(37)21-23-32)45(43,44)33-18-6-3-7-19-33/h2-9,12-15,18-23,31,34H,10-11,16-17,24-26H2,1H3,(H,38,42). The van der Waals surface area contributed by atoms with Crippen molar-refractivity contribution in [2.45, 2.75) is 62.6 Å². The molecule has 0 aliphatic heterocycles. The molecule has 1 aliphatic carbocycles. The van der Waals surface area contributed by atoms with Gasteiger partial charge in [-0.2, -0.15) is 0 Å². The molecule has 0 radical (unpaired) electrons. The topological polar surface area (TPSA) is 86.8 Å². The van der Waals surface area contributed by atoms with Crippen LogP contribution < -0.4 is 9.62 Å². The number of hydrogen-bond acceptors (Lipinski definition) is 4. The predicted molar refractivity (Wildman–Crippen MR) is 181 cm³/mol. The molecule has 0 bridgehead atoms. The van der Waals surface area contributed by atoms with Crippen LogP contribution in [0.4, 0.5) is 5.69 Å². The Hall–Kier alpha value is -3.95. The van der Waals surface area contributed by atoms with E-state index >= 15 is 0 Å². The fourth-order valence-electron chi connectivity index (χ4n) is 5.75. The van der Waals surface area contributed by atoms with Gasteiger partial charge in [0.15, 0.2) is 0 Å². The average Bonchev–Trinajstić information content (AvgIpc) is 3.56. The third-order valence-corrected chi connectivity index (χ3v) is 10.6. The number of sulfonamides is 1. The first-order chi connectivity index (χ1) is 21.7. The minimum absolute atomic E-state index is 0.0592. The quantitative estimate of drug-likeness (QED) is 0.181. The molecule has 0 heterocycles. The number of carbonyl (C=O) groups is 2. The highest BCUT2D eigenvalue weighted by Gasteiger charge is 2.35. The molecule has 7 nitrogen and oxygen atoms in total. The molecule has 0 aromatic heterocycles. The SMILES string of the molecule is Cc1ccccc1CN(C(=O)CN(c1ccc(Br)cc1)S(=O)(=O)c1ccccc1)C(Cc1ccccc1)C(=O)NC1CCCC1. The molecular formula is C36H38BrN3O4S.